The summed E-state index contributed by atoms with van der Waals surface area (Å²) in [6.45, 7) is 7.24. The average molecular weight is 325 g/mol. The minimum absolute atomic E-state index is 0.0827. The summed E-state index contributed by atoms with van der Waals surface area (Å²) in [6.07, 6.45) is 6.46. The Hall–Kier alpha value is -1.68. The average Bonchev–Trinajstić information content (AvgIpc) is 2.59. The van der Waals surface area contributed by atoms with E-state index in [9.17, 15) is 4.79 Å². The zero-order chi connectivity index (χ0) is 16.7. The SMILES string of the molecule is Cc1ccc2c(c1)nc(C)c(=O)n2CC1CCCN2CCCCC12. The van der Waals surface area contributed by atoms with Crippen molar-refractivity contribution in [2.45, 2.75) is 58.5 Å². The third-order valence-corrected chi connectivity index (χ3v) is 5.91. The van der Waals surface area contributed by atoms with Gasteiger partial charge in [0.05, 0.1) is 11.0 Å². The molecule has 4 rings (SSSR count). The first kappa shape index (κ1) is 15.8. The van der Waals surface area contributed by atoms with E-state index >= 15 is 0 Å². The maximum absolute atomic E-state index is 12.8. The summed E-state index contributed by atoms with van der Waals surface area (Å²) in [5.74, 6) is 0.586. The Morgan fingerprint density at radius 1 is 1.12 bits per heavy atom. The molecule has 4 heteroatoms. The largest absolute Gasteiger partial charge is 0.305 e. The van der Waals surface area contributed by atoms with Crippen molar-refractivity contribution in [3.8, 4) is 0 Å². The van der Waals surface area contributed by atoms with Crippen LogP contribution in [-0.2, 0) is 6.54 Å². The monoisotopic (exact) mass is 325 g/mol. The van der Waals surface area contributed by atoms with Crippen LogP contribution in [0.15, 0.2) is 23.0 Å². The van der Waals surface area contributed by atoms with E-state index in [1.165, 1.54) is 50.8 Å². The Morgan fingerprint density at radius 2 is 1.96 bits per heavy atom. The molecule has 4 nitrogen and oxygen atoms in total. The second kappa shape index (κ2) is 6.32. The molecule has 2 fully saturated rings. The fourth-order valence-electron chi connectivity index (χ4n) is 4.69. The van der Waals surface area contributed by atoms with Crippen LogP contribution in [-0.4, -0.2) is 33.6 Å². The quantitative estimate of drug-likeness (QED) is 0.850. The highest BCUT2D eigenvalue weighted by atomic mass is 16.1. The van der Waals surface area contributed by atoms with Gasteiger partial charge in [-0.25, -0.2) is 4.98 Å². The van der Waals surface area contributed by atoms with E-state index < -0.39 is 0 Å². The van der Waals surface area contributed by atoms with Crippen molar-refractivity contribution in [3.63, 3.8) is 0 Å². The lowest BCUT2D eigenvalue weighted by molar-refractivity contribution is 0.0520. The lowest BCUT2D eigenvalue weighted by atomic mass is 9.83. The normalized spacial score (nSPS) is 24.9. The van der Waals surface area contributed by atoms with Gasteiger partial charge >= 0.3 is 0 Å². The maximum atomic E-state index is 12.8. The molecule has 24 heavy (non-hydrogen) atoms. The van der Waals surface area contributed by atoms with Gasteiger partial charge in [0.25, 0.3) is 5.56 Å². The molecule has 3 heterocycles. The molecular formula is C20H27N3O. The molecule has 2 aliphatic rings. The van der Waals surface area contributed by atoms with Gasteiger partial charge in [-0.1, -0.05) is 12.5 Å². The third-order valence-electron chi connectivity index (χ3n) is 5.91. The van der Waals surface area contributed by atoms with Crippen LogP contribution in [0.25, 0.3) is 11.0 Å². The first-order valence-corrected chi connectivity index (χ1v) is 9.35. The Bertz CT molecular complexity index is 808. The van der Waals surface area contributed by atoms with Gasteiger partial charge in [0.15, 0.2) is 0 Å². The summed E-state index contributed by atoms with van der Waals surface area (Å²) in [6, 6.07) is 6.91. The first-order chi connectivity index (χ1) is 11.6. The van der Waals surface area contributed by atoms with E-state index in [2.05, 4.69) is 35.0 Å². The van der Waals surface area contributed by atoms with Gasteiger partial charge in [0.1, 0.15) is 5.69 Å². The second-order valence-corrected chi connectivity index (χ2v) is 7.61. The van der Waals surface area contributed by atoms with Gasteiger partial charge in [-0.2, -0.15) is 0 Å². The Kier molecular flexibility index (Phi) is 4.17. The predicted octanol–water partition coefficient (Wildman–Crippen LogP) is 3.28. The van der Waals surface area contributed by atoms with Gasteiger partial charge in [0, 0.05) is 12.6 Å². The zero-order valence-electron chi connectivity index (χ0n) is 14.8. The summed E-state index contributed by atoms with van der Waals surface area (Å²) < 4.78 is 2.00. The highest BCUT2D eigenvalue weighted by molar-refractivity contribution is 5.75. The van der Waals surface area contributed by atoms with E-state index in [-0.39, 0.29) is 5.56 Å². The third kappa shape index (κ3) is 2.77. The van der Waals surface area contributed by atoms with Crippen molar-refractivity contribution < 1.29 is 0 Å². The number of aryl methyl sites for hydroxylation is 2. The van der Waals surface area contributed by atoms with Crippen molar-refractivity contribution in [1.82, 2.24) is 14.5 Å². The molecular weight excluding hydrogens is 298 g/mol. The molecule has 0 aliphatic carbocycles. The number of aromatic nitrogens is 2. The number of benzene rings is 1. The smallest absolute Gasteiger partial charge is 0.272 e. The topological polar surface area (TPSA) is 38.1 Å². The van der Waals surface area contributed by atoms with Crippen molar-refractivity contribution in [2.24, 2.45) is 5.92 Å². The minimum Gasteiger partial charge on any atom is -0.305 e. The minimum atomic E-state index is 0.0827. The molecule has 2 unspecified atom stereocenters. The zero-order valence-corrected chi connectivity index (χ0v) is 14.8. The lowest BCUT2D eigenvalue weighted by Gasteiger charge is -2.44. The molecule has 1 aromatic heterocycles. The number of rotatable bonds is 2. The molecule has 0 N–H and O–H groups in total. The van der Waals surface area contributed by atoms with Crippen molar-refractivity contribution in [1.29, 1.82) is 0 Å². The second-order valence-electron chi connectivity index (χ2n) is 7.61. The molecule has 0 amide bonds. The standard InChI is InChI=1S/C20H27N3O/c1-14-8-9-19-17(12-14)21-15(2)20(24)23(19)13-16-6-5-11-22-10-4-3-7-18(16)22/h8-9,12,16,18H,3-7,10-11,13H2,1-2H3. The molecule has 2 atom stereocenters. The summed E-state index contributed by atoms with van der Waals surface area (Å²) >= 11 is 0. The Labute approximate surface area is 143 Å². The molecule has 1 aromatic carbocycles. The Morgan fingerprint density at radius 3 is 2.83 bits per heavy atom. The van der Waals surface area contributed by atoms with Crippen LogP contribution in [0.5, 0.6) is 0 Å². The summed E-state index contributed by atoms with van der Waals surface area (Å²) in [4.78, 5) is 20.0. The number of piperidine rings is 2. The number of hydrogen-bond donors (Lipinski definition) is 0. The van der Waals surface area contributed by atoms with E-state index in [0.717, 1.165) is 17.6 Å². The summed E-state index contributed by atoms with van der Waals surface area (Å²) in [5.41, 5.74) is 3.83. The maximum Gasteiger partial charge on any atom is 0.272 e. The van der Waals surface area contributed by atoms with E-state index in [4.69, 9.17) is 0 Å². The summed E-state index contributed by atoms with van der Waals surface area (Å²) in [5, 5.41) is 0. The van der Waals surface area contributed by atoms with Crippen LogP contribution in [0, 0.1) is 19.8 Å². The predicted molar refractivity (Wildman–Crippen MR) is 97.4 cm³/mol. The van der Waals surface area contributed by atoms with Crippen LogP contribution < -0.4 is 5.56 Å². The van der Waals surface area contributed by atoms with E-state index in [0.29, 0.717) is 17.7 Å². The number of hydrogen-bond acceptors (Lipinski definition) is 3. The highest BCUT2D eigenvalue weighted by Gasteiger charge is 2.33. The van der Waals surface area contributed by atoms with Gasteiger partial charge in [-0.3, -0.25) is 4.79 Å². The molecule has 0 bridgehead atoms. The van der Waals surface area contributed by atoms with Crippen molar-refractivity contribution in [2.75, 3.05) is 13.1 Å². The van der Waals surface area contributed by atoms with Gasteiger partial charge in [0.2, 0.25) is 0 Å². The van der Waals surface area contributed by atoms with Crippen LogP contribution in [0.1, 0.15) is 43.4 Å². The van der Waals surface area contributed by atoms with Crippen molar-refractivity contribution in [3.05, 3.63) is 39.8 Å². The molecule has 2 aromatic rings. The number of fused-ring (bicyclic) bond motifs is 2. The van der Waals surface area contributed by atoms with Gasteiger partial charge in [-0.15, -0.1) is 0 Å². The van der Waals surface area contributed by atoms with Gasteiger partial charge in [-0.05, 0) is 76.2 Å². The molecule has 2 saturated heterocycles. The first-order valence-electron chi connectivity index (χ1n) is 9.35. The van der Waals surface area contributed by atoms with Crippen LogP contribution in [0.4, 0.5) is 0 Å². The fraction of sp³-hybridized carbons (Fsp3) is 0.600. The van der Waals surface area contributed by atoms with Gasteiger partial charge < -0.3 is 9.47 Å². The van der Waals surface area contributed by atoms with Crippen LogP contribution in [0.2, 0.25) is 0 Å². The lowest BCUT2D eigenvalue weighted by Crippen LogP contribution is -2.49. The molecule has 0 saturated carbocycles. The molecule has 0 spiro atoms. The molecule has 2 aliphatic heterocycles. The van der Waals surface area contributed by atoms with Crippen molar-refractivity contribution >= 4 is 11.0 Å². The molecule has 0 radical (unpaired) electrons. The van der Waals surface area contributed by atoms with E-state index in [1.807, 2.05) is 11.5 Å². The van der Waals surface area contributed by atoms with Crippen LogP contribution in [0.3, 0.4) is 0 Å². The fourth-order valence-corrected chi connectivity index (χ4v) is 4.69. The summed E-state index contributed by atoms with van der Waals surface area (Å²) in [7, 11) is 0. The highest BCUT2D eigenvalue weighted by Crippen LogP contribution is 2.32. The number of nitrogens with zero attached hydrogens (tertiary/aromatic N) is 3. The van der Waals surface area contributed by atoms with Crippen LogP contribution >= 0.6 is 0 Å². The molecule has 128 valence electrons. The van der Waals surface area contributed by atoms with E-state index in [1.54, 1.807) is 0 Å². The Balaban J connectivity index is 1.73.